The standard InChI is InChI=1S/C16H18N4O/c1-21-15-6-4-14(5-7-15)20-16(9-13(10-17)19-20)12-3-2-8-18-11-12/h2-8,11,16H,9-10,17H2,1H3. The van der Waals surface area contributed by atoms with Gasteiger partial charge in [-0.3, -0.25) is 9.99 Å². The third kappa shape index (κ3) is 2.73. The molecule has 2 N–H and O–H groups in total. The molecule has 2 heterocycles. The summed E-state index contributed by atoms with van der Waals surface area (Å²) < 4.78 is 5.20. The van der Waals surface area contributed by atoms with E-state index in [9.17, 15) is 0 Å². The predicted octanol–water partition coefficient (Wildman–Crippen LogP) is 2.36. The van der Waals surface area contributed by atoms with E-state index < -0.39 is 0 Å². The lowest BCUT2D eigenvalue weighted by Crippen LogP contribution is -2.18. The Balaban J connectivity index is 1.93. The van der Waals surface area contributed by atoms with Gasteiger partial charge in [0.25, 0.3) is 0 Å². The summed E-state index contributed by atoms with van der Waals surface area (Å²) in [5.41, 5.74) is 8.93. The van der Waals surface area contributed by atoms with Gasteiger partial charge in [-0.05, 0) is 35.9 Å². The zero-order valence-electron chi connectivity index (χ0n) is 11.9. The highest BCUT2D eigenvalue weighted by molar-refractivity contribution is 5.90. The SMILES string of the molecule is COc1ccc(N2N=C(CN)CC2c2cccnc2)cc1. The van der Waals surface area contributed by atoms with Crippen LogP contribution in [-0.2, 0) is 0 Å². The van der Waals surface area contributed by atoms with Gasteiger partial charge in [0.15, 0.2) is 0 Å². The molecule has 5 nitrogen and oxygen atoms in total. The second-order valence-corrected chi connectivity index (χ2v) is 4.92. The van der Waals surface area contributed by atoms with Crippen LogP contribution in [-0.4, -0.2) is 24.4 Å². The fraction of sp³-hybridized carbons (Fsp3) is 0.250. The summed E-state index contributed by atoms with van der Waals surface area (Å²) in [7, 11) is 1.66. The molecular formula is C16H18N4O. The van der Waals surface area contributed by atoms with Crippen LogP contribution in [0.5, 0.6) is 5.75 Å². The summed E-state index contributed by atoms with van der Waals surface area (Å²) in [5, 5.41) is 6.66. The van der Waals surface area contributed by atoms with Crippen LogP contribution in [0.3, 0.4) is 0 Å². The van der Waals surface area contributed by atoms with Gasteiger partial charge in [-0.2, -0.15) is 5.10 Å². The van der Waals surface area contributed by atoms with Gasteiger partial charge >= 0.3 is 0 Å². The number of pyridine rings is 1. The zero-order valence-corrected chi connectivity index (χ0v) is 11.9. The third-order valence-electron chi connectivity index (χ3n) is 3.62. The average Bonchev–Trinajstić information content (AvgIpc) is 3.00. The molecule has 21 heavy (non-hydrogen) atoms. The number of hydrogen-bond donors (Lipinski definition) is 1. The van der Waals surface area contributed by atoms with Crippen molar-refractivity contribution in [3.63, 3.8) is 0 Å². The summed E-state index contributed by atoms with van der Waals surface area (Å²) in [6, 6.07) is 12.0. The summed E-state index contributed by atoms with van der Waals surface area (Å²) in [6.45, 7) is 0.476. The molecule has 1 aromatic carbocycles. The van der Waals surface area contributed by atoms with Crippen molar-refractivity contribution >= 4 is 11.4 Å². The molecule has 1 atom stereocenters. The van der Waals surface area contributed by atoms with Crippen LogP contribution < -0.4 is 15.5 Å². The van der Waals surface area contributed by atoms with Crippen molar-refractivity contribution in [3.8, 4) is 5.75 Å². The smallest absolute Gasteiger partial charge is 0.119 e. The van der Waals surface area contributed by atoms with Crippen LogP contribution in [0.4, 0.5) is 5.69 Å². The highest BCUT2D eigenvalue weighted by Gasteiger charge is 2.28. The van der Waals surface area contributed by atoms with E-state index in [4.69, 9.17) is 10.5 Å². The van der Waals surface area contributed by atoms with Crippen molar-refractivity contribution in [1.29, 1.82) is 0 Å². The van der Waals surface area contributed by atoms with E-state index in [1.807, 2.05) is 41.5 Å². The molecule has 0 amide bonds. The number of rotatable bonds is 4. The molecule has 1 unspecified atom stereocenters. The van der Waals surface area contributed by atoms with Crippen LogP contribution in [0.15, 0.2) is 53.9 Å². The van der Waals surface area contributed by atoms with E-state index in [-0.39, 0.29) is 6.04 Å². The van der Waals surface area contributed by atoms with Crippen molar-refractivity contribution < 1.29 is 4.74 Å². The first-order chi connectivity index (χ1) is 10.3. The number of nitrogens with two attached hydrogens (primary N) is 1. The Morgan fingerprint density at radius 2 is 2.10 bits per heavy atom. The quantitative estimate of drug-likeness (QED) is 0.935. The van der Waals surface area contributed by atoms with Crippen LogP contribution in [0.25, 0.3) is 0 Å². The second-order valence-electron chi connectivity index (χ2n) is 4.92. The molecule has 0 aliphatic carbocycles. The Bertz CT molecular complexity index is 624. The van der Waals surface area contributed by atoms with Crippen molar-refractivity contribution in [1.82, 2.24) is 4.98 Å². The van der Waals surface area contributed by atoms with E-state index in [1.165, 1.54) is 0 Å². The number of ether oxygens (including phenoxy) is 1. The Hall–Kier alpha value is -2.40. The lowest BCUT2D eigenvalue weighted by atomic mass is 10.0. The van der Waals surface area contributed by atoms with Crippen molar-refractivity contribution in [3.05, 3.63) is 54.4 Å². The fourth-order valence-corrected chi connectivity index (χ4v) is 2.50. The molecule has 3 rings (SSSR count). The van der Waals surface area contributed by atoms with Gasteiger partial charge in [-0.25, -0.2) is 0 Å². The normalized spacial score (nSPS) is 17.7. The lowest BCUT2D eigenvalue weighted by molar-refractivity contribution is 0.415. The lowest BCUT2D eigenvalue weighted by Gasteiger charge is -2.23. The monoisotopic (exact) mass is 282 g/mol. The summed E-state index contributed by atoms with van der Waals surface area (Å²) in [6.07, 6.45) is 4.49. The molecule has 108 valence electrons. The highest BCUT2D eigenvalue weighted by Crippen LogP contribution is 2.35. The molecule has 5 heteroatoms. The molecule has 0 radical (unpaired) electrons. The van der Waals surface area contributed by atoms with Gasteiger partial charge < -0.3 is 10.5 Å². The first kappa shape index (κ1) is 13.6. The molecule has 0 saturated heterocycles. The molecule has 1 aromatic heterocycles. The van der Waals surface area contributed by atoms with E-state index in [0.717, 1.165) is 29.1 Å². The number of nitrogens with zero attached hydrogens (tertiary/aromatic N) is 3. The Morgan fingerprint density at radius 1 is 1.29 bits per heavy atom. The molecule has 2 aromatic rings. The van der Waals surface area contributed by atoms with Crippen molar-refractivity contribution in [2.75, 3.05) is 18.7 Å². The minimum absolute atomic E-state index is 0.144. The van der Waals surface area contributed by atoms with Gasteiger partial charge in [-0.15, -0.1) is 0 Å². The summed E-state index contributed by atoms with van der Waals surface area (Å²) in [5.74, 6) is 0.832. The second kappa shape index (κ2) is 5.93. The van der Waals surface area contributed by atoms with Gasteiger partial charge in [0, 0.05) is 25.4 Å². The number of hydrazone groups is 1. The van der Waals surface area contributed by atoms with E-state index in [0.29, 0.717) is 6.54 Å². The largest absolute Gasteiger partial charge is 0.497 e. The zero-order chi connectivity index (χ0) is 14.7. The Morgan fingerprint density at radius 3 is 2.71 bits per heavy atom. The van der Waals surface area contributed by atoms with Gasteiger partial charge in [-0.1, -0.05) is 6.07 Å². The number of hydrogen-bond acceptors (Lipinski definition) is 5. The maximum atomic E-state index is 5.77. The third-order valence-corrected chi connectivity index (χ3v) is 3.62. The van der Waals surface area contributed by atoms with Crippen LogP contribution in [0.1, 0.15) is 18.0 Å². The molecule has 0 bridgehead atoms. The number of methoxy groups -OCH3 is 1. The number of aromatic nitrogens is 1. The van der Waals surface area contributed by atoms with Crippen LogP contribution >= 0.6 is 0 Å². The average molecular weight is 282 g/mol. The molecule has 1 aliphatic rings. The van der Waals surface area contributed by atoms with E-state index in [1.54, 1.807) is 13.3 Å². The topological polar surface area (TPSA) is 63.7 Å². The summed E-state index contributed by atoms with van der Waals surface area (Å²) >= 11 is 0. The van der Waals surface area contributed by atoms with Crippen molar-refractivity contribution in [2.45, 2.75) is 12.5 Å². The van der Waals surface area contributed by atoms with E-state index >= 15 is 0 Å². The molecule has 0 fully saturated rings. The molecular weight excluding hydrogens is 264 g/mol. The highest BCUT2D eigenvalue weighted by atomic mass is 16.5. The van der Waals surface area contributed by atoms with Gasteiger partial charge in [0.05, 0.1) is 24.6 Å². The first-order valence-corrected chi connectivity index (χ1v) is 6.91. The Kier molecular flexibility index (Phi) is 3.83. The molecule has 0 saturated carbocycles. The van der Waals surface area contributed by atoms with E-state index in [2.05, 4.69) is 16.2 Å². The summed E-state index contributed by atoms with van der Waals surface area (Å²) in [4.78, 5) is 4.21. The number of benzene rings is 1. The first-order valence-electron chi connectivity index (χ1n) is 6.91. The Labute approximate surface area is 124 Å². The molecule has 1 aliphatic heterocycles. The molecule has 0 spiro atoms. The minimum Gasteiger partial charge on any atom is -0.497 e. The predicted molar refractivity (Wildman–Crippen MR) is 83.6 cm³/mol. The van der Waals surface area contributed by atoms with Crippen LogP contribution in [0, 0.1) is 0 Å². The number of anilines is 1. The maximum Gasteiger partial charge on any atom is 0.119 e. The minimum atomic E-state index is 0.144. The van der Waals surface area contributed by atoms with Crippen molar-refractivity contribution in [2.24, 2.45) is 10.8 Å². The van der Waals surface area contributed by atoms with Gasteiger partial charge in [0.2, 0.25) is 0 Å². The van der Waals surface area contributed by atoms with Crippen LogP contribution in [0.2, 0.25) is 0 Å². The van der Waals surface area contributed by atoms with Gasteiger partial charge in [0.1, 0.15) is 5.75 Å². The maximum absolute atomic E-state index is 5.77. The fourth-order valence-electron chi connectivity index (χ4n) is 2.50.